The van der Waals surface area contributed by atoms with Crippen molar-refractivity contribution in [3.8, 4) is 5.75 Å². The summed E-state index contributed by atoms with van der Waals surface area (Å²) in [5.74, 6) is 0.880. The van der Waals surface area contributed by atoms with Crippen molar-refractivity contribution in [2.45, 2.75) is 26.3 Å². The van der Waals surface area contributed by atoms with E-state index < -0.39 is 5.41 Å². The van der Waals surface area contributed by atoms with Gasteiger partial charge in [-0.3, -0.25) is 4.79 Å². The van der Waals surface area contributed by atoms with E-state index in [2.05, 4.69) is 10.6 Å². The van der Waals surface area contributed by atoms with Crippen molar-refractivity contribution in [2.75, 3.05) is 33.9 Å². The summed E-state index contributed by atoms with van der Waals surface area (Å²) in [6, 6.07) is 6.01. The first-order valence-corrected chi connectivity index (χ1v) is 7.73. The summed E-state index contributed by atoms with van der Waals surface area (Å²) < 4.78 is 10.7. The maximum absolute atomic E-state index is 12.7. The minimum Gasteiger partial charge on any atom is -0.496 e. The van der Waals surface area contributed by atoms with Crippen LogP contribution >= 0.6 is 0 Å². The Morgan fingerprint density at radius 3 is 2.68 bits per heavy atom. The fourth-order valence-electron chi connectivity index (χ4n) is 2.98. The Morgan fingerprint density at radius 2 is 2.05 bits per heavy atom. The molecule has 0 aliphatic carbocycles. The first-order chi connectivity index (χ1) is 10.6. The fraction of sp³-hybridized carbons (Fsp3) is 0.588. The first-order valence-electron chi connectivity index (χ1n) is 7.73. The second kappa shape index (κ2) is 7.61. The van der Waals surface area contributed by atoms with Crippen molar-refractivity contribution < 1.29 is 14.3 Å². The van der Waals surface area contributed by atoms with Crippen LogP contribution in [-0.4, -0.2) is 39.8 Å². The molecule has 122 valence electrons. The third-order valence-corrected chi connectivity index (χ3v) is 4.34. The molecule has 0 atom stereocenters. The Morgan fingerprint density at radius 1 is 1.32 bits per heavy atom. The van der Waals surface area contributed by atoms with Gasteiger partial charge in [-0.05, 0) is 44.5 Å². The summed E-state index contributed by atoms with van der Waals surface area (Å²) in [6.07, 6.45) is 1.61. The van der Waals surface area contributed by atoms with Crippen LogP contribution in [0.4, 0.5) is 0 Å². The van der Waals surface area contributed by atoms with Crippen LogP contribution in [0.2, 0.25) is 0 Å². The number of methoxy groups -OCH3 is 2. The molecule has 0 radical (unpaired) electrons. The molecular weight excluding hydrogens is 280 g/mol. The number of hydrogen-bond acceptors (Lipinski definition) is 4. The van der Waals surface area contributed by atoms with Crippen LogP contribution in [0.15, 0.2) is 18.2 Å². The number of benzene rings is 1. The quantitative estimate of drug-likeness (QED) is 0.839. The van der Waals surface area contributed by atoms with Crippen LogP contribution < -0.4 is 15.4 Å². The highest BCUT2D eigenvalue weighted by Crippen LogP contribution is 2.30. The van der Waals surface area contributed by atoms with Gasteiger partial charge in [0.15, 0.2) is 0 Å². The van der Waals surface area contributed by atoms with Crippen LogP contribution in [0.25, 0.3) is 0 Å². The predicted octanol–water partition coefficient (Wildman–Crippen LogP) is 1.64. The van der Waals surface area contributed by atoms with E-state index in [1.54, 1.807) is 14.2 Å². The molecule has 2 rings (SSSR count). The Labute approximate surface area is 132 Å². The lowest BCUT2D eigenvalue weighted by Gasteiger charge is -2.35. The van der Waals surface area contributed by atoms with Gasteiger partial charge in [0.2, 0.25) is 5.91 Å². The first kappa shape index (κ1) is 16.8. The lowest BCUT2D eigenvalue weighted by atomic mass is 9.78. The number of piperidine rings is 1. The van der Waals surface area contributed by atoms with Crippen molar-refractivity contribution in [1.82, 2.24) is 10.6 Å². The third kappa shape index (κ3) is 3.78. The van der Waals surface area contributed by atoms with Gasteiger partial charge in [0.1, 0.15) is 5.75 Å². The lowest BCUT2D eigenvalue weighted by Crippen LogP contribution is -2.50. The van der Waals surface area contributed by atoms with E-state index in [1.165, 1.54) is 0 Å². The van der Waals surface area contributed by atoms with Gasteiger partial charge in [-0.2, -0.15) is 0 Å². The van der Waals surface area contributed by atoms with Gasteiger partial charge < -0.3 is 20.1 Å². The van der Waals surface area contributed by atoms with Gasteiger partial charge in [0.25, 0.3) is 0 Å². The van der Waals surface area contributed by atoms with E-state index in [9.17, 15) is 4.79 Å². The molecule has 1 aliphatic heterocycles. The summed E-state index contributed by atoms with van der Waals surface area (Å²) >= 11 is 0. The summed E-state index contributed by atoms with van der Waals surface area (Å²) in [5.41, 5.74) is 1.71. The highest BCUT2D eigenvalue weighted by atomic mass is 16.5. The zero-order valence-electron chi connectivity index (χ0n) is 13.7. The molecule has 0 aromatic heterocycles. The lowest BCUT2D eigenvalue weighted by molar-refractivity contribution is -0.136. The van der Waals surface area contributed by atoms with E-state index in [4.69, 9.17) is 9.47 Å². The Kier molecular flexibility index (Phi) is 5.80. The van der Waals surface area contributed by atoms with Crippen molar-refractivity contribution in [1.29, 1.82) is 0 Å². The Bertz CT molecular complexity index is 505. The number of carbonyl (C=O) groups excluding carboxylic acids is 1. The second-order valence-electron chi connectivity index (χ2n) is 5.96. The molecule has 0 saturated carbocycles. The predicted molar refractivity (Wildman–Crippen MR) is 86.0 cm³/mol. The molecule has 1 aromatic carbocycles. The molecule has 1 fully saturated rings. The molecule has 1 aromatic rings. The molecule has 1 amide bonds. The van der Waals surface area contributed by atoms with Crippen LogP contribution in [0, 0.1) is 12.3 Å². The Hall–Kier alpha value is -1.59. The average molecular weight is 306 g/mol. The SMILES string of the molecule is COCC1(C(=O)NCc2ccc(C)cc2OC)CCNCC1. The summed E-state index contributed by atoms with van der Waals surface area (Å²) in [4.78, 5) is 12.7. The van der Waals surface area contributed by atoms with Crippen LogP contribution in [-0.2, 0) is 16.1 Å². The zero-order chi connectivity index (χ0) is 16.0. The molecule has 1 heterocycles. The van der Waals surface area contributed by atoms with Crippen LogP contribution in [0.5, 0.6) is 5.75 Å². The number of hydrogen-bond donors (Lipinski definition) is 2. The molecule has 2 N–H and O–H groups in total. The van der Waals surface area contributed by atoms with E-state index in [0.717, 1.165) is 42.8 Å². The molecule has 0 bridgehead atoms. The maximum atomic E-state index is 12.7. The molecule has 0 unspecified atom stereocenters. The number of rotatable bonds is 6. The van der Waals surface area contributed by atoms with Crippen molar-refractivity contribution >= 4 is 5.91 Å². The molecule has 22 heavy (non-hydrogen) atoms. The number of carbonyl (C=O) groups is 1. The van der Waals surface area contributed by atoms with Gasteiger partial charge in [-0.1, -0.05) is 12.1 Å². The monoisotopic (exact) mass is 306 g/mol. The fourth-order valence-corrected chi connectivity index (χ4v) is 2.98. The van der Waals surface area contributed by atoms with Crippen molar-refractivity contribution in [3.63, 3.8) is 0 Å². The van der Waals surface area contributed by atoms with E-state index in [-0.39, 0.29) is 5.91 Å². The molecule has 1 aliphatic rings. The topological polar surface area (TPSA) is 59.6 Å². The largest absolute Gasteiger partial charge is 0.496 e. The zero-order valence-corrected chi connectivity index (χ0v) is 13.7. The van der Waals surface area contributed by atoms with Gasteiger partial charge in [0, 0.05) is 19.2 Å². The minimum absolute atomic E-state index is 0.0680. The number of ether oxygens (including phenoxy) is 2. The van der Waals surface area contributed by atoms with Gasteiger partial charge in [-0.15, -0.1) is 0 Å². The molecular formula is C17H26N2O3. The van der Waals surface area contributed by atoms with Crippen molar-refractivity contribution in [3.05, 3.63) is 29.3 Å². The minimum atomic E-state index is -0.419. The van der Waals surface area contributed by atoms with Crippen LogP contribution in [0.1, 0.15) is 24.0 Å². The van der Waals surface area contributed by atoms with E-state index in [0.29, 0.717) is 13.2 Å². The van der Waals surface area contributed by atoms with Gasteiger partial charge in [-0.25, -0.2) is 0 Å². The van der Waals surface area contributed by atoms with E-state index in [1.807, 2.05) is 25.1 Å². The highest BCUT2D eigenvalue weighted by Gasteiger charge is 2.39. The maximum Gasteiger partial charge on any atom is 0.228 e. The average Bonchev–Trinajstić information content (AvgIpc) is 2.54. The van der Waals surface area contributed by atoms with E-state index >= 15 is 0 Å². The molecule has 1 saturated heterocycles. The molecule has 5 heteroatoms. The molecule has 5 nitrogen and oxygen atoms in total. The third-order valence-electron chi connectivity index (χ3n) is 4.34. The normalized spacial score (nSPS) is 17.0. The number of amides is 1. The van der Waals surface area contributed by atoms with Crippen molar-refractivity contribution in [2.24, 2.45) is 5.41 Å². The van der Waals surface area contributed by atoms with Gasteiger partial charge in [0.05, 0.1) is 19.1 Å². The van der Waals surface area contributed by atoms with Crippen LogP contribution in [0.3, 0.4) is 0 Å². The Balaban J connectivity index is 2.04. The standard InChI is InChI=1S/C17H26N2O3/c1-13-4-5-14(15(10-13)22-3)11-19-16(20)17(12-21-2)6-8-18-9-7-17/h4-5,10,18H,6-9,11-12H2,1-3H3,(H,19,20). The highest BCUT2D eigenvalue weighted by molar-refractivity contribution is 5.83. The summed E-state index contributed by atoms with van der Waals surface area (Å²) in [5, 5.41) is 6.36. The number of nitrogens with one attached hydrogen (secondary N) is 2. The summed E-state index contributed by atoms with van der Waals surface area (Å²) in [7, 11) is 3.30. The smallest absolute Gasteiger partial charge is 0.228 e. The number of aryl methyl sites for hydroxylation is 1. The summed E-state index contributed by atoms with van der Waals surface area (Å²) in [6.45, 7) is 4.66. The van der Waals surface area contributed by atoms with Gasteiger partial charge >= 0.3 is 0 Å². The second-order valence-corrected chi connectivity index (χ2v) is 5.96. The molecule has 0 spiro atoms.